The topological polar surface area (TPSA) is 43.4 Å². The summed E-state index contributed by atoms with van der Waals surface area (Å²) in [6.07, 6.45) is -4.21. The Morgan fingerprint density at radius 3 is 2.61 bits per heavy atom. The predicted octanol–water partition coefficient (Wildman–Crippen LogP) is 2.13. The van der Waals surface area contributed by atoms with Gasteiger partial charge < -0.3 is 4.74 Å². The van der Waals surface area contributed by atoms with Crippen LogP contribution in [0.2, 0.25) is 0 Å². The van der Waals surface area contributed by atoms with Crippen LogP contribution in [0, 0.1) is 0 Å². The van der Waals surface area contributed by atoms with E-state index in [2.05, 4.69) is 0 Å². The summed E-state index contributed by atoms with van der Waals surface area (Å²) in [7, 11) is -2.56. The third kappa shape index (κ3) is 2.84. The normalized spacial score (nSPS) is 18.6. The zero-order chi connectivity index (χ0) is 13.3. The van der Waals surface area contributed by atoms with Gasteiger partial charge in [0.2, 0.25) is 6.10 Å². The lowest BCUT2D eigenvalue weighted by molar-refractivity contribution is -0.180. The average molecular weight is 278 g/mol. The molecule has 0 amide bonds. The fourth-order valence-corrected chi connectivity index (χ4v) is 2.12. The number of thiol groups is 1. The maximum atomic E-state index is 12.4. The van der Waals surface area contributed by atoms with Gasteiger partial charge in [-0.2, -0.15) is 13.2 Å². The SMILES string of the molecule is O=[SH](=O)Cc1ccc2c(c1)C=CC(C(F)(F)F)O2. The molecule has 0 saturated carbocycles. The molecule has 18 heavy (non-hydrogen) atoms. The van der Waals surface area contributed by atoms with Crippen LogP contribution in [0.5, 0.6) is 5.75 Å². The lowest BCUT2D eigenvalue weighted by atomic mass is 10.1. The van der Waals surface area contributed by atoms with E-state index >= 15 is 0 Å². The molecule has 1 aromatic rings. The van der Waals surface area contributed by atoms with E-state index in [0.29, 0.717) is 11.1 Å². The van der Waals surface area contributed by atoms with Crippen molar-refractivity contribution in [3.63, 3.8) is 0 Å². The minimum atomic E-state index is -4.45. The van der Waals surface area contributed by atoms with Crippen LogP contribution >= 0.6 is 0 Å². The first-order valence-corrected chi connectivity index (χ1v) is 6.39. The molecular formula is C11H9F3O3S. The van der Waals surface area contributed by atoms with Gasteiger partial charge in [0.05, 0.1) is 5.75 Å². The summed E-state index contributed by atoms with van der Waals surface area (Å²) in [5.41, 5.74) is 0.966. The Labute approximate surface area is 103 Å². The van der Waals surface area contributed by atoms with Crippen LogP contribution in [0.3, 0.4) is 0 Å². The van der Waals surface area contributed by atoms with Crippen molar-refractivity contribution < 1.29 is 26.3 Å². The molecule has 0 radical (unpaired) electrons. The van der Waals surface area contributed by atoms with Crippen molar-refractivity contribution in [1.82, 2.24) is 0 Å². The summed E-state index contributed by atoms with van der Waals surface area (Å²) in [6.45, 7) is 0. The van der Waals surface area contributed by atoms with E-state index in [4.69, 9.17) is 4.74 Å². The summed E-state index contributed by atoms with van der Waals surface area (Å²) in [4.78, 5) is 0. The van der Waals surface area contributed by atoms with E-state index in [1.165, 1.54) is 24.3 Å². The first kappa shape index (κ1) is 12.9. The number of halogens is 3. The zero-order valence-corrected chi connectivity index (χ0v) is 9.87. The van der Waals surface area contributed by atoms with Crippen LogP contribution in [0.25, 0.3) is 6.08 Å². The highest BCUT2D eigenvalue weighted by atomic mass is 32.2. The molecule has 0 N–H and O–H groups in total. The highest BCUT2D eigenvalue weighted by molar-refractivity contribution is 7.71. The first-order valence-electron chi connectivity index (χ1n) is 5.02. The van der Waals surface area contributed by atoms with Crippen LogP contribution in [-0.2, 0) is 16.5 Å². The Morgan fingerprint density at radius 2 is 2.00 bits per heavy atom. The maximum absolute atomic E-state index is 12.4. The summed E-state index contributed by atoms with van der Waals surface area (Å²) < 4.78 is 63.2. The van der Waals surface area contributed by atoms with Crippen molar-refractivity contribution in [2.24, 2.45) is 0 Å². The van der Waals surface area contributed by atoms with Gasteiger partial charge in [-0.05, 0) is 23.8 Å². The number of alkyl halides is 3. The van der Waals surface area contributed by atoms with E-state index in [9.17, 15) is 21.6 Å². The molecule has 0 aliphatic carbocycles. The van der Waals surface area contributed by atoms with E-state index in [0.717, 1.165) is 6.08 Å². The monoisotopic (exact) mass is 278 g/mol. The molecule has 0 bridgehead atoms. The number of rotatable bonds is 2. The lowest BCUT2D eigenvalue weighted by Crippen LogP contribution is -2.33. The molecule has 7 heteroatoms. The van der Waals surface area contributed by atoms with Crippen LogP contribution in [0.15, 0.2) is 24.3 Å². The van der Waals surface area contributed by atoms with Crippen molar-refractivity contribution in [2.75, 3.05) is 0 Å². The summed E-state index contributed by atoms with van der Waals surface area (Å²) in [6, 6.07) is 4.30. The number of hydrogen-bond donors (Lipinski definition) is 1. The predicted molar refractivity (Wildman–Crippen MR) is 60.0 cm³/mol. The second-order valence-corrected chi connectivity index (χ2v) is 4.78. The second-order valence-electron chi connectivity index (χ2n) is 3.80. The number of hydrogen-bond acceptors (Lipinski definition) is 3. The van der Waals surface area contributed by atoms with Crippen LogP contribution < -0.4 is 4.74 Å². The molecule has 1 atom stereocenters. The van der Waals surface area contributed by atoms with Gasteiger partial charge in [0.25, 0.3) is 0 Å². The van der Waals surface area contributed by atoms with Gasteiger partial charge in [-0.3, -0.25) is 0 Å². The Balaban J connectivity index is 2.27. The third-order valence-electron chi connectivity index (χ3n) is 2.41. The van der Waals surface area contributed by atoms with Crippen molar-refractivity contribution >= 4 is 16.8 Å². The Bertz CT molecular complexity index is 553. The fraction of sp³-hybridized carbons (Fsp3) is 0.273. The van der Waals surface area contributed by atoms with Crippen molar-refractivity contribution in [3.8, 4) is 5.75 Å². The van der Waals surface area contributed by atoms with Gasteiger partial charge in [0.15, 0.2) is 0 Å². The molecule has 98 valence electrons. The lowest BCUT2D eigenvalue weighted by Gasteiger charge is -2.23. The molecular weight excluding hydrogens is 269 g/mol. The van der Waals surface area contributed by atoms with Crippen LogP contribution in [0.4, 0.5) is 13.2 Å². The third-order valence-corrected chi connectivity index (χ3v) is 3.04. The molecule has 0 saturated heterocycles. The minimum absolute atomic E-state index is 0.102. The molecule has 0 fully saturated rings. The van der Waals surface area contributed by atoms with Gasteiger partial charge in [-0.15, -0.1) is 0 Å². The average Bonchev–Trinajstić information content (AvgIpc) is 2.26. The molecule has 1 aliphatic heterocycles. The van der Waals surface area contributed by atoms with Crippen LogP contribution in [-0.4, -0.2) is 20.7 Å². The van der Waals surface area contributed by atoms with Gasteiger partial charge in [0.1, 0.15) is 16.5 Å². The maximum Gasteiger partial charge on any atom is 0.429 e. The molecule has 3 nitrogen and oxygen atoms in total. The Morgan fingerprint density at radius 1 is 1.28 bits per heavy atom. The van der Waals surface area contributed by atoms with Gasteiger partial charge in [-0.1, -0.05) is 12.1 Å². The van der Waals surface area contributed by atoms with E-state index in [-0.39, 0.29) is 11.5 Å². The number of fused-ring (bicyclic) bond motifs is 1. The number of benzene rings is 1. The second kappa shape index (κ2) is 4.64. The molecule has 2 rings (SSSR count). The summed E-state index contributed by atoms with van der Waals surface area (Å²) >= 11 is 0. The zero-order valence-electron chi connectivity index (χ0n) is 8.98. The Hall–Kier alpha value is -1.50. The smallest absolute Gasteiger partial charge is 0.429 e. The van der Waals surface area contributed by atoms with Crippen molar-refractivity contribution in [1.29, 1.82) is 0 Å². The highest BCUT2D eigenvalue weighted by Crippen LogP contribution is 2.33. The fourth-order valence-electron chi connectivity index (χ4n) is 1.63. The summed E-state index contributed by atoms with van der Waals surface area (Å²) in [5.74, 6) is -0.0382. The molecule has 1 aliphatic rings. The molecule has 0 spiro atoms. The minimum Gasteiger partial charge on any atom is -0.476 e. The molecule has 1 aromatic carbocycles. The largest absolute Gasteiger partial charge is 0.476 e. The van der Waals surface area contributed by atoms with E-state index in [1.54, 1.807) is 0 Å². The standard InChI is InChI=1S/C11H9F3O3S/c12-11(13,14)10-4-2-8-5-7(6-18(15)16)1-3-9(8)17-10/h1-5,10,18H,6H2. The molecule has 0 aromatic heterocycles. The van der Waals surface area contributed by atoms with E-state index in [1.807, 2.05) is 0 Å². The first-order chi connectivity index (χ1) is 8.36. The van der Waals surface area contributed by atoms with Gasteiger partial charge in [-0.25, -0.2) is 8.42 Å². The number of ether oxygens (including phenoxy) is 1. The van der Waals surface area contributed by atoms with Crippen LogP contribution in [0.1, 0.15) is 11.1 Å². The molecule has 1 heterocycles. The quantitative estimate of drug-likeness (QED) is 0.843. The molecule has 1 unspecified atom stereocenters. The van der Waals surface area contributed by atoms with Crippen molar-refractivity contribution in [3.05, 3.63) is 35.4 Å². The van der Waals surface area contributed by atoms with Crippen molar-refractivity contribution in [2.45, 2.75) is 18.0 Å². The summed E-state index contributed by atoms with van der Waals surface area (Å²) in [5, 5.41) is 0. The highest BCUT2D eigenvalue weighted by Gasteiger charge is 2.41. The van der Waals surface area contributed by atoms with E-state index < -0.39 is 23.0 Å². The Kier molecular flexibility index (Phi) is 3.34. The van der Waals surface area contributed by atoms with Gasteiger partial charge >= 0.3 is 6.18 Å². The van der Waals surface area contributed by atoms with Gasteiger partial charge in [0, 0.05) is 5.56 Å².